The molecule has 3 aliphatic heterocycles. The lowest BCUT2D eigenvalue weighted by atomic mass is 9.82. The molecule has 0 aliphatic carbocycles. The SMILES string of the molecule is Cc1nnc(CN=C(NCc2cccs2)N2CC3C4CCC(O4)C3C2)n1C. The summed E-state index contributed by atoms with van der Waals surface area (Å²) in [5.41, 5.74) is 0. The van der Waals surface area contributed by atoms with Crippen LogP contribution < -0.4 is 5.32 Å². The minimum absolute atomic E-state index is 0.463. The van der Waals surface area contributed by atoms with E-state index in [0.29, 0.717) is 30.6 Å². The van der Waals surface area contributed by atoms with Crippen molar-refractivity contribution < 1.29 is 4.74 Å². The van der Waals surface area contributed by atoms with E-state index in [1.165, 1.54) is 17.7 Å². The lowest BCUT2D eigenvalue weighted by molar-refractivity contribution is 0.0767. The Bertz CT molecular complexity index is 813. The van der Waals surface area contributed by atoms with Crippen LogP contribution in [0.1, 0.15) is 29.4 Å². The third-order valence-electron chi connectivity index (χ3n) is 6.31. The van der Waals surface area contributed by atoms with Gasteiger partial charge in [0, 0.05) is 36.9 Å². The molecule has 2 aromatic rings. The van der Waals surface area contributed by atoms with Crippen LogP contribution in [0.5, 0.6) is 0 Å². The normalized spacial score (nSPS) is 29.6. The van der Waals surface area contributed by atoms with Crippen LogP contribution in [-0.2, 0) is 24.9 Å². The Balaban J connectivity index is 1.33. The number of aliphatic imine (C=N–C) groups is 1. The van der Waals surface area contributed by atoms with Gasteiger partial charge in [0.25, 0.3) is 0 Å². The van der Waals surface area contributed by atoms with Gasteiger partial charge in [-0.25, -0.2) is 4.99 Å². The highest BCUT2D eigenvalue weighted by Gasteiger charge is 2.53. The van der Waals surface area contributed by atoms with Crippen molar-refractivity contribution in [3.8, 4) is 0 Å². The summed E-state index contributed by atoms with van der Waals surface area (Å²) in [6, 6.07) is 4.25. The fourth-order valence-corrected chi connectivity index (χ4v) is 5.36. The number of aryl methyl sites for hydroxylation is 1. The Morgan fingerprint density at radius 3 is 2.70 bits per heavy atom. The van der Waals surface area contributed by atoms with Crippen molar-refractivity contribution in [1.29, 1.82) is 0 Å². The predicted octanol–water partition coefficient (Wildman–Crippen LogP) is 1.94. The van der Waals surface area contributed by atoms with Crippen molar-refractivity contribution >= 4 is 17.3 Å². The summed E-state index contributed by atoms with van der Waals surface area (Å²) >= 11 is 1.77. The van der Waals surface area contributed by atoms with E-state index in [1.54, 1.807) is 11.3 Å². The van der Waals surface area contributed by atoms with Crippen LogP contribution in [0.4, 0.5) is 0 Å². The van der Waals surface area contributed by atoms with Crippen molar-refractivity contribution in [1.82, 2.24) is 25.0 Å². The van der Waals surface area contributed by atoms with Crippen molar-refractivity contribution in [3.05, 3.63) is 34.0 Å². The largest absolute Gasteiger partial charge is 0.374 e. The summed E-state index contributed by atoms with van der Waals surface area (Å²) in [7, 11) is 1.99. The minimum Gasteiger partial charge on any atom is -0.374 e. The van der Waals surface area contributed by atoms with Gasteiger partial charge in [-0.1, -0.05) is 6.07 Å². The number of fused-ring (bicyclic) bond motifs is 5. The zero-order valence-electron chi connectivity index (χ0n) is 15.8. The average molecular weight is 387 g/mol. The second-order valence-corrected chi connectivity index (χ2v) is 8.85. The van der Waals surface area contributed by atoms with E-state index >= 15 is 0 Å². The van der Waals surface area contributed by atoms with Gasteiger partial charge in [0.2, 0.25) is 0 Å². The van der Waals surface area contributed by atoms with Gasteiger partial charge in [-0.3, -0.25) is 0 Å². The molecule has 5 heterocycles. The monoisotopic (exact) mass is 386 g/mol. The van der Waals surface area contributed by atoms with Crippen LogP contribution in [0.3, 0.4) is 0 Å². The summed E-state index contributed by atoms with van der Waals surface area (Å²) in [6.45, 7) is 5.40. The molecule has 4 unspecified atom stereocenters. The molecule has 4 atom stereocenters. The molecule has 3 saturated heterocycles. The first-order valence-electron chi connectivity index (χ1n) is 9.75. The summed E-state index contributed by atoms with van der Waals surface area (Å²) in [5.74, 6) is 4.12. The van der Waals surface area contributed by atoms with E-state index in [-0.39, 0.29) is 0 Å². The zero-order valence-corrected chi connectivity index (χ0v) is 16.7. The first kappa shape index (κ1) is 17.2. The van der Waals surface area contributed by atoms with Gasteiger partial charge in [-0.2, -0.15) is 0 Å². The number of ether oxygens (including phenoxy) is 1. The van der Waals surface area contributed by atoms with Crippen LogP contribution in [0.15, 0.2) is 22.5 Å². The number of thiophene rings is 1. The van der Waals surface area contributed by atoms with Gasteiger partial charge < -0.3 is 19.5 Å². The second-order valence-electron chi connectivity index (χ2n) is 7.82. The van der Waals surface area contributed by atoms with Crippen LogP contribution in [0.25, 0.3) is 0 Å². The number of aromatic nitrogens is 3. The van der Waals surface area contributed by atoms with Crippen molar-refractivity contribution in [2.24, 2.45) is 23.9 Å². The molecule has 0 radical (unpaired) electrons. The molecule has 0 saturated carbocycles. The van der Waals surface area contributed by atoms with Crippen molar-refractivity contribution in [2.45, 2.75) is 45.1 Å². The number of guanidine groups is 1. The molecule has 2 bridgehead atoms. The molecule has 5 rings (SSSR count). The lowest BCUT2D eigenvalue weighted by Gasteiger charge is -2.23. The average Bonchev–Trinajstić information content (AvgIpc) is 3.45. The number of likely N-dealkylation sites (tertiary alicyclic amines) is 1. The van der Waals surface area contributed by atoms with E-state index < -0.39 is 0 Å². The van der Waals surface area contributed by atoms with Gasteiger partial charge in [0.15, 0.2) is 11.8 Å². The summed E-state index contributed by atoms with van der Waals surface area (Å²) in [6.07, 6.45) is 3.38. The molecule has 2 aromatic heterocycles. The Kier molecular flexibility index (Phi) is 4.40. The van der Waals surface area contributed by atoms with E-state index in [0.717, 1.165) is 37.2 Å². The van der Waals surface area contributed by atoms with Crippen molar-refractivity contribution in [2.75, 3.05) is 13.1 Å². The fraction of sp³-hybridized carbons (Fsp3) is 0.632. The molecule has 0 amide bonds. The smallest absolute Gasteiger partial charge is 0.194 e. The maximum atomic E-state index is 6.13. The molecular formula is C19H26N6OS. The van der Waals surface area contributed by atoms with Crippen molar-refractivity contribution in [3.63, 3.8) is 0 Å². The van der Waals surface area contributed by atoms with E-state index in [1.807, 2.05) is 18.5 Å². The summed E-state index contributed by atoms with van der Waals surface area (Å²) in [4.78, 5) is 8.67. The maximum Gasteiger partial charge on any atom is 0.194 e. The molecule has 0 aromatic carbocycles. The molecule has 3 aliphatic rings. The Labute approximate surface area is 163 Å². The molecule has 144 valence electrons. The van der Waals surface area contributed by atoms with Gasteiger partial charge in [-0.05, 0) is 31.2 Å². The summed E-state index contributed by atoms with van der Waals surface area (Å²) < 4.78 is 8.13. The fourth-order valence-electron chi connectivity index (χ4n) is 4.71. The van der Waals surface area contributed by atoms with Crippen LogP contribution in [0, 0.1) is 18.8 Å². The van der Waals surface area contributed by atoms with E-state index in [2.05, 4.69) is 37.9 Å². The lowest BCUT2D eigenvalue weighted by Crippen LogP contribution is -2.41. The van der Waals surface area contributed by atoms with Gasteiger partial charge in [0.1, 0.15) is 12.4 Å². The Morgan fingerprint density at radius 1 is 1.30 bits per heavy atom. The zero-order chi connectivity index (χ0) is 18.4. The predicted molar refractivity (Wildman–Crippen MR) is 104 cm³/mol. The number of nitrogens with zero attached hydrogens (tertiary/aromatic N) is 5. The number of nitrogens with one attached hydrogen (secondary N) is 1. The van der Waals surface area contributed by atoms with Crippen LogP contribution in [0.2, 0.25) is 0 Å². The molecule has 7 nitrogen and oxygen atoms in total. The minimum atomic E-state index is 0.463. The molecular weight excluding hydrogens is 360 g/mol. The van der Waals surface area contributed by atoms with Gasteiger partial charge in [-0.15, -0.1) is 21.5 Å². The highest BCUT2D eigenvalue weighted by atomic mass is 32.1. The molecule has 1 N–H and O–H groups in total. The second kappa shape index (κ2) is 6.91. The quantitative estimate of drug-likeness (QED) is 0.643. The van der Waals surface area contributed by atoms with Crippen LogP contribution >= 0.6 is 11.3 Å². The molecule has 0 spiro atoms. The highest BCUT2D eigenvalue weighted by Crippen LogP contribution is 2.47. The highest BCUT2D eigenvalue weighted by molar-refractivity contribution is 7.09. The first-order chi connectivity index (χ1) is 13.2. The first-order valence-corrected chi connectivity index (χ1v) is 10.6. The topological polar surface area (TPSA) is 67.6 Å². The molecule has 3 fully saturated rings. The van der Waals surface area contributed by atoms with E-state index in [4.69, 9.17) is 9.73 Å². The number of hydrogen-bond acceptors (Lipinski definition) is 5. The number of hydrogen-bond donors (Lipinski definition) is 1. The van der Waals surface area contributed by atoms with Crippen LogP contribution in [-0.4, -0.2) is 50.9 Å². The Hall–Kier alpha value is -1.93. The van der Waals surface area contributed by atoms with Gasteiger partial charge >= 0.3 is 0 Å². The third kappa shape index (κ3) is 3.14. The van der Waals surface area contributed by atoms with E-state index in [9.17, 15) is 0 Å². The summed E-state index contributed by atoms with van der Waals surface area (Å²) in [5, 5.41) is 14.1. The standard InChI is InChI=1S/C19H26N6OS/c1-12-22-23-18(24(12)2)9-21-19(20-8-13-4-3-7-27-13)25-10-14-15(11-25)17-6-5-16(14)26-17/h3-4,7,14-17H,5-6,8-11H2,1-2H3,(H,20,21). The molecule has 27 heavy (non-hydrogen) atoms. The Morgan fingerprint density at radius 2 is 2.07 bits per heavy atom. The van der Waals surface area contributed by atoms with Gasteiger partial charge in [0.05, 0.1) is 18.8 Å². The number of rotatable bonds is 4. The molecule has 8 heteroatoms. The third-order valence-corrected chi connectivity index (χ3v) is 7.18. The maximum absolute atomic E-state index is 6.13.